The third kappa shape index (κ3) is 2.71. The lowest BCUT2D eigenvalue weighted by atomic mass is 10.1. The van der Waals surface area contributed by atoms with Crippen molar-refractivity contribution in [3.05, 3.63) is 34.7 Å². The molecule has 0 fully saturated rings. The molecule has 1 aromatic rings. The van der Waals surface area contributed by atoms with Crippen LogP contribution in [0.5, 0.6) is 0 Å². The van der Waals surface area contributed by atoms with Crippen LogP contribution in [0, 0.1) is 4.91 Å². The molecule has 0 spiro atoms. The first-order valence-corrected chi connectivity index (χ1v) is 6.68. The SMILES string of the molecule is CCOC(CN1C(=O)C(N=O)c2ccccc21)OCC. The Morgan fingerprint density at radius 2 is 1.90 bits per heavy atom. The van der Waals surface area contributed by atoms with Crippen LogP contribution in [0.4, 0.5) is 5.69 Å². The number of ether oxygens (including phenoxy) is 2. The summed E-state index contributed by atoms with van der Waals surface area (Å²) in [5.74, 6) is -0.328. The summed E-state index contributed by atoms with van der Waals surface area (Å²) in [5, 5.41) is 2.94. The maximum absolute atomic E-state index is 12.3. The third-order valence-electron chi connectivity index (χ3n) is 3.16. The van der Waals surface area contributed by atoms with Gasteiger partial charge in [-0.1, -0.05) is 23.4 Å². The number of hydrogen-bond acceptors (Lipinski definition) is 5. The summed E-state index contributed by atoms with van der Waals surface area (Å²) >= 11 is 0. The monoisotopic (exact) mass is 278 g/mol. The highest BCUT2D eigenvalue weighted by molar-refractivity contribution is 6.04. The molecule has 0 saturated heterocycles. The van der Waals surface area contributed by atoms with Crippen LogP contribution in [-0.4, -0.2) is 32.0 Å². The Morgan fingerprint density at radius 3 is 2.50 bits per heavy atom. The van der Waals surface area contributed by atoms with Gasteiger partial charge < -0.3 is 14.4 Å². The second kappa shape index (κ2) is 6.58. The number of rotatable bonds is 7. The summed E-state index contributed by atoms with van der Waals surface area (Å²) in [6, 6.07) is 6.19. The lowest BCUT2D eigenvalue weighted by Gasteiger charge is -2.24. The number of carbonyl (C=O) groups excluding carboxylic acids is 1. The molecular formula is C14H18N2O4. The predicted molar refractivity (Wildman–Crippen MR) is 74.4 cm³/mol. The summed E-state index contributed by atoms with van der Waals surface area (Å²) in [4.78, 5) is 24.7. The number of nitrogens with zero attached hydrogens (tertiary/aromatic N) is 2. The van der Waals surface area contributed by atoms with Crippen LogP contribution in [-0.2, 0) is 14.3 Å². The summed E-state index contributed by atoms with van der Waals surface area (Å²) in [5.41, 5.74) is 1.34. The van der Waals surface area contributed by atoms with Crippen molar-refractivity contribution < 1.29 is 14.3 Å². The summed E-state index contributed by atoms with van der Waals surface area (Å²) in [7, 11) is 0. The van der Waals surface area contributed by atoms with Crippen LogP contribution in [0.1, 0.15) is 25.5 Å². The molecule has 108 valence electrons. The Bertz CT molecular complexity index is 486. The zero-order chi connectivity index (χ0) is 14.5. The number of benzene rings is 1. The van der Waals surface area contributed by atoms with E-state index in [1.165, 1.54) is 4.90 Å². The first-order valence-electron chi connectivity index (χ1n) is 6.68. The van der Waals surface area contributed by atoms with E-state index in [9.17, 15) is 9.70 Å². The summed E-state index contributed by atoms with van der Waals surface area (Å²) in [6.07, 6.45) is -0.507. The minimum absolute atomic E-state index is 0.254. The van der Waals surface area contributed by atoms with Gasteiger partial charge >= 0.3 is 0 Å². The van der Waals surface area contributed by atoms with Gasteiger partial charge in [0.1, 0.15) is 0 Å². The van der Waals surface area contributed by atoms with Crippen molar-refractivity contribution in [1.29, 1.82) is 0 Å². The molecule has 0 saturated carbocycles. The molecule has 6 heteroatoms. The van der Waals surface area contributed by atoms with Crippen molar-refractivity contribution in [1.82, 2.24) is 0 Å². The topological polar surface area (TPSA) is 68.2 Å². The van der Waals surface area contributed by atoms with Gasteiger partial charge in [0.2, 0.25) is 0 Å². The van der Waals surface area contributed by atoms with Gasteiger partial charge in [0.25, 0.3) is 5.91 Å². The van der Waals surface area contributed by atoms with Crippen molar-refractivity contribution in [2.75, 3.05) is 24.7 Å². The van der Waals surface area contributed by atoms with Gasteiger partial charge in [0.05, 0.1) is 6.54 Å². The Labute approximate surface area is 117 Å². The summed E-state index contributed by atoms with van der Waals surface area (Å²) < 4.78 is 10.9. The van der Waals surface area contributed by atoms with E-state index in [1.54, 1.807) is 18.2 Å². The predicted octanol–water partition coefficient (Wildman–Crippen LogP) is 2.24. The number of para-hydroxylation sites is 1. The maximum Gasteiger partial charge on any atom is 0.260 e. The van der Waals surface area contributed by atoms with E-state index in [0.717, 1.165) is 0 Å². The molecular weight excluding hydrogens is 260 g/mol. The largest absolute Gasteiger partial charge is 0.351 e. The molecule has 1 unspecified atom stereocenters. The Hall–Kier alpha value is -1.79. The number of carbonyl (C=O) groups is 1. The molecule has 1 heterocycles. The molecule has 1 aromatic carbocycles. The molecule has 20 heavy (non-hydrogen) atoms. The molecule has 1 atom stereocenters. The van der Waals surface area contributed by atoms with Crippen LogP contribution < -0.4 is 4.90 Å². The van der Waals surface area contributed by atoms with Gasteiger partial charge in [-0.3, -0.25) is 4.79 Å². The average Bonchev–Trinajstić information content (AvgIpc) is 2.72. The molecule has 6 nitrogen and oxygen atoms in total. The van der Waals surface area contributed by atoms with Crippen LogP contribution >= 0.6 is 0 Å². The van der Waals surface area contributed by atoms with Crippen LogP contribution in [0.3, 0.4) is 0 Å². The molecule has 0 bridgehead atoms. The highest BCUT2D eigenvalue weighted by Crippen LogP contribution is 2.37. The highest BCUT2D eigenvalue weighted by atomic mass is 16.7. The zero-order valence-electron chi connectivity index (χ0n) is 11.6. The van der Waals surface area contributed by atoms with E-state index in [1.807, 2.05) is 19.9 Å². The lowest BCUT2D eigenvalue weighted by molar-refractivity contribution is -0.135. The van der Waals surface area contributed by atoms with Gasteiger partial charge in [-0.05, 0) is 19.9 Å². The smallest absolute Gasteiger partial charge is 0.260 e. The van der Waals surface area contributed by atoms with Gasteiger partial charge in [-0.15, -0.1) is 4.91 Å². The third-order valence-corrected chi connectivity index (χ3v) is 3.16. The minimum Gasteiger partial charge on any atom is -0.351 e. The number of amides is 1. The summed E-state index contributed by atoms with van der Waals surface area (Å²) in [6.45, 7) is 4.96. The normalized spacial score (nSPS) is 17.6. The average molecular weight is 278 g/mol. The molecule has 0 radical (unpaired) electrons. The second-order valence-electron chi connectivity index (χ2n) is 4.36. The number of fused-ring (bicyclic) bond motifs is 1. The molecule has 0 aromatic heterocycles. The highest BCUT2D eigenvalue weighted by Gasteiger charge is 2.39. The van der Waals surface area contributed by atoms with Crippen LogP contribution in [0.25, 0.3) is 0 Å². The zero-order valence-corrected chi connectivity index (χ0v) is 11.6. The van der Waals surface area contributed by atoms with Crippen molar-refractivity contribution in [2.24, 2.45) is 5.18 Å². The fourth-order valence-electron chi connectivity index (χ4n) is 2.33. The van der Waals surface area contributed by atoms with E-state index in [2.05, 4.69) is 5.18 Å². The Balaban J connectivity index is 2.23. The van der Waals surface area contributed by atoms with Crippen molar-refractivity contribution in [3.63, 3.8) is 0 Å². The van der Waals surface area contributed by atoms with Gasteiger partial charge in [0, 0.05) is 24.5 Å². The van der Waals surface area contributed by atoms with Gasteiger partial charge in [-0.25, -0.2) is 0 Å². The van der Waals surface area contributed by atoms with Crippen molar-refractivity contribution in [3.8, 4) is 0 Å². The van der Waals surface area contributed by atoms with Crippen molar-refractivity contribution >= 4 is 11.6 Å². The van der Waals surface area contributed by atoms with E-state index >= 15 is 0 Å². The van der Waals surface area contributed by atoms with Gasteiger partial charge in [0.15, 0.2) is 12.3 Å². The molecule has 0 aliphatic carbocycles. The van der Waals surface area contributed by atoms with E-state index in [4.69, 9.17) is 9.47 Å². The number of hydrogen-bond donors (Lipinski definition) is 0. The van der Waals surface area contributed by atoms with Gasteiger partial charge in [-0.2, -0.15) is 0 Å². The first kappa shape index (κ1) is 14.6. The quantitative estimate of drug-likeness (QED) is 0.566. The molecule has 1 amide bonds. The van der Waals surface area contributed by atoms with Crippen molar-refractivity contribution in [2.45, 2.75) is 26.2 Å². The number of anilines is 1. The number of nitroso groups, excluding NO2 is 1. The molecule has 1 aliphatic rings. The second-order valence-corrected chi connectivity index (χ2v) is 4.36. The molecule has 2 rings (SSSR count). The lowest BCUT2D eigenvalue weighted by Crippen LogP contribution is -2.38. The standard InChI is InChI=1S/C14H18N2O4/c1-3-19-12(20-4-2)9-16-11-8-6-5-7-10(11)13(15-18)14(16)17/h5-8,12-13H,3-4,9H2,1-2H3. The Kier molecular flexibility index (Phi) is 4.81. The fraction of sp³-hybridized carbons (Fsp3) is 0.500. The fourth-order valence-corrected chi connectivity index (χ4v) is 2.33. The van der Waals surface area contributed by atoms with Crippen LogP contribution in [0.2, 0.25) is 0 Å². The molecule has 1 aliphatic heterocycles. The van der Waals surface area contributed by atoms with Crippen LogP contribution in [0.15, 0.2) is 29.4 Å². The van der Waals surface area contributed by atoms with E-state index in [0.29, 0.717) is 24.5 Å². The first-order chi connectivity index (χ1) is 9.72. The minimum atomic E-state index is -0.963. The molecule has 0 N–H and O–H groups in total. The Morgan fingerprint density at radius 1 is 1.25 bits per heavy atom. The maximum atomic E-state index is 12.3. The van der Waals surface area contributed by atoms with E-state index < -0.39 is 12.3 Å². The van der Waals surface area contributed by atoms with E-state index in [-0.39, 0.29) is 12.5 Å².